The highest BCUT2D eigenvalue weighted by atomic mass is 31.2. The normalized spacial score (nSPS) is 14.0. The quantitative estimate of drug-likeness (QED) is 0.0231. The van der Waals surface area contributed by atoms with Crippen LogP contribution in [0.5, 0.6) is 0 Å². The first-order valence-electron chi connectivity index (χ1n) is 23.0. The van der Waals surface area contributed by atoms with Crippen molar-refractivity contribution in [3.05, 3.63) is 36.5 Å². The smallest absolute Gasteiger partial charge is 0.472 e. The molecule has 0 heterocycles. The Morgan fingerprint density at radius 1 is 0.534 bits per heavy atom. The van der Waals surface area contributed by atoms with Gasteiger partial charge in [-0.3, -0.25) is 23.4 Å². The van der Waals surface area contributed by atoms with E-state index in [1.54, 1.807) is 0 Å². The van der Waals surface area contributed by atoms with Gasteiger partial charge in [0.05, 0.1) is 13.2 Å². The Balaban J connectivity index is 4.33. The zero-order valence-electron chi connectivity index (χ0n) is 36.6. The van der Waals surface area contributed by atoms with Gasteiger partial charge < -0.3 is 25.2 Å². The molecule has 0 aromatic rings. The highest BCUT2D eigenvalue weighted by Gasteiger charge is 2.28. The zero-order chi connectivity index (χ0) is 42.8. The standard InChI is InChI=1S/C46H84NO10P/c1-3-5-7-9-11-13-15-17-19-20-21-22-24-26-28-30-32-34-36-38-45(49)57-42(40-55-58(52,53)56-41-43(47)46(50)51)39-54-44(48)37-35-33-31-29-27-25-23-18-16-14-12-10-8-6-4-2/h11,13,17-19,23,42-43H,3-10,12,14-16,20-22,24-41,47H2,1-2H3,(H,50,51)(H,52,53)/b13-11+,19-17+,23-18+/t42-,43+/m1/s1. The first kappa shape index (κ1) is 55.7. The second-order valence-corrected chi connectivity index (χ2v) is 17.0. The van der Waals surface area contributed by atoms with Crippen LogP contribution in [-0.2, 0) is 37.5 Å². The molecule has 1 unspecified atom stereocenters. The van der Waals surface area contributed by atoms with Gasteiger partial charge in [-0.25, -0.2) is 4.57 Å². The molecule has 338 valence electrons. The number of esters is 2. The van der Waals surface area contributed by atoms with Gasteiger partial charge in [0, 0.05) is 12.8 Å². The van der Waals surface area contributed by atoms with Crippen LogP contribution in [0, 0.1) is 0 Å². The molecule has 0 aromatic heterocycles. The Bertz CT molecular complexity index is 1130. The van der Waals surface area contributed by atoms with Gasteiger partial charge in [0.25, 0.3) is 0 Å². The maximum absolute atomic E-state index is 12.6. The minimum atomic E-state index is -4.72. The van der Waals surface area contributed by atoms with Crippen molar-refractivity contribution in [3.8, 4) is 0 Å². The van der Waals surface area contributed by atoms with Crippen molar-refractivity contribution in [2.75, 3.05) is 19.8 Å². The number of carboxylic acid groups (broad SMARTS) is 1. The molecular weight excluding hydrogens is 757 g/mol. The van der Waals surface area contributed by atoms with E-state index in [1.807, 2.05) is 0 Å². The molecular formula is C46H84NO10P. The largest absolute Gasteiger partial charge is 0.480 e. The van der Waals surface area contributed by atoms with Crippen molar-refractivity contribution >= 4 is 25.7 Å². The average Bonchev–Trinajstić information content (AvgIpc) is 3.20. The Kier molecular flexibility index (Phi) is 39.8. The van der Waals surface area contributed by atoms with E-state index in [0.717, 1.165) is 70.6 Å². The fourth-order valence-corrected chi connectivity index (χ4v) is 6.99. The summed E-state index contributed by atoms with van der Waals surface area (Å²) in [5, 5.41) is 8.90. The third kappa shape index (κ3) is 40.5. The van der Waals surface area contributed by atoms with Gasteiger partial charge in [0.1, 0.15) is 12.6 Å². The summed E-state index contributed by atoms with van der Waals surface area (Å²) < 4.78 is 32.7. The van der Waals surface area contributed by atoms with Crippen molar-refractivity contribution in [1.29, 1.82) is 0 Å². The number of hydrogen-bond acceptors (Lipinski definition) is 9. The Morgan fingerprint density at radius 3 is 1.40 bits per heavy atom. The van der Waals surface area contributed by atoms with Crippen LogP contribution in [-0.4, -0.2) is 59.9 Å². The maximum atomic E-state index is 12.6. The number of carbonyl (C=O) groups excluding carboxylic acids is 2. The highest BCUT2D eigenvalue weighted by Crippen LogP contribution is 2.43. The van der Waals surface area contributed by atoms with Gasteiger partial charge >= 0.3 is 25.7 Å². The van der Waals surface area contributed by atoms with Crippen LogP contribution in [0.3, 0.4) is 0 Å². The predicted octanol–water partition coefficient (Wildman–Crippen LogP) is 12.4. The molecule has 0 bridgehead atoms. The lowest BCUT2D eigenvalue weighted by Crippen LogP contribution is -2.34. The van der Waals surface area contributed by atoms with Crippen LogP contribution in [0.4, 0.5) is 0 Å². The van der Waals surface area contributed by atoms with E-state index in [0.29, 0.717) is 12.8 Å². The minimum Gasteiger partial charge on any atom is -0.480 e. The van der Waals surface area contributed by atoms with Gasteiger partial charge in [0.2, 0.25) is 0 Å². The summed E-state index contributed by atoms with van der Waals surface area (Å²) in [5.74, 6) is -2.39. The van der Waals surface area contributed by atoms with E-state index in [4.69, 9.17) is 24.8 Å². The molecule has 0 radical (unpaired) electrons. The monoisotopic (exact) mass is 842 g/mol. The second kappa shape index (κ2) is 41.4. The highest BCUT2D eigenvalue weighted by molar-refractivity contribution is 7.47. The molecule has 12 heteroatoms. The van der Waals surface area contributed by atoms with Crippen LogP contribution in [0.15, 0.2) is 36.5 Å². The van der Waals surface area contributed by atoms with E-state index >= 15 is 0 Å². The SMILES string of the molecule is CCCCC/C=C/C/C=C/CCCCCCCCCCCC(=O)O[C@H](COC(=O)CCCCCCC/C=C/CCCCCCCC)COP(=O)(O)OC[C@H](N)C(=O)O. The summed E-state index contributed by atoms with van der Waals surface area (Å²) in [6.45, 7) is 2.77. The lowest BCUT2D eigenvalue weighted by molar-refractivity contribution is -0.161. The Morgan fingerprint density at radius 2 is 0.914 bits per heavy atom. The Hall–Kier alpha value is -2.30. The number of hydrogen-bond donors (Lipinski definition) is 3. The van der Waals surface area contributed by atoms with Crippen molar-refractivity contribution in [1.82, 2.24) is 0 Å². The van der Waals surface area contributed by atoms with Crippen LogP contribution in [0.25, 0.3) is 0 Å². The van der Waals surface area contributed by atoms with Crippen molar-refractivity contribution < 1.29 is 47.5 Å². The number of carbonyl (C=O) groups is 3. The van der Waals surface area contributed by atoms with Gasteiger partial charge in [-0.15, -0.1) is 0 Å². The summed E-state index contributed by atoms with van der Waals surface area (Å²) in [7, 11) is -4.72. The number of aliphatic carboxylic acids is 1. The number of carboxylic acids is 1. The molecule has 0 aliphatic heterocycles. The fourth-order valence-electron chi connectivity index (χ4n) is 6.21. The number of nitrogens with two attached hydrogens (primary N) is 1. The molecule has 58 heavy (non-hydrogen) atoms. The van der Waals surface area contributed by atoms with Crippen LogP contribution < -0.4 is 5.73 Å². The van der Waals surface area contributed by atoms with E-state index < -0.39 is 51.1 Å². The molecule has 3 atom stereocenters. The predicted molar refractivity (Wildman–Crippen MR) is 235 cm³/mol. The van der Waals surface area contributed by atoms with E-state index in [9.17, 15) is 23.8 Å². The van der Waals surface area contributed by atoms with E-state index in [1.165, 1.54) is 96.3 Å². The molecule has 0 aromatic carbocycles. The first-order chi connectivity index (χ1) is 28.1. The molecule has 0 amide bonds. The summed E-state index contributed by atoms with van der Waals surface area (Å²) in [6, 6.07) is -1.52. The summed E-state index contributed by atoms with van der Waals surface area (Å²) in [4.78, 5) is 46.0. The molecule has 0 rings (SSSR count). The van der Waals surface area contributed by atoms with E-state index in [2.05, 4.69) is 54.8 Å². The third-order valence-electron chi connectivity index (χ3n) is 9.86. The maximum Gasteiger partial charge on any atom is 0.472 e. The van der Waals surface area contributed by atoms with Crippen molar-refractivity contribution in [3.63, 3.8) is 0 Å². The number of allylic oxidation sites excluding steroid dienone is 6. The van der Waals surface area contributed by atoms with Crippen molar-refractivity contribution in [2.45, 2.75) is 219 Å². The third-order valence-corrected chi connectivity index (χ3v) is 10.8. The molecule has 0 spiro atoms. The van der Waals surface area contributed by atoms with Crippen LogP contribution in [0.1, 0.15) is 206 Å². The number of phosphoric ester groups is 1. The minimum absolute atomic E-state index is 0.155. The van der Waals surface area contributed by atoms with Gasteiger partial charge in [-0.2, -0.15) is 0 Å². The topological polar surface area (TPSA) is 172 Å². The molecule has 0 saturated heterocycles. The molecule has 0 saturated carbocycles. The van der Waals surface area contributed by atoms with Crippen LogP contribution >= 0.6 is 7.82 Å². The summed E-state index contributed by atoms with van der Waals surface area (Å²) >= 11 is 0. The lowest BCUT2D eigenvalue weighted by atomic mass is 10.1. The number of ether oxygens (including phenoxy) is 2. The first-order valence-corrected chi connectivity index (χ1v) is 24.5. The van der Waals surface area contributed by atoms with Gasteiger partial charge in [0.15, 0.2) is 6.10 Å². The van der Waals surface area contributed by atoms with E-state index in [-0.39, 0.29) is 19.4 Å². The molecule has 11 nitrogen and oxygen atoms in total. The van der Waals surface area contributed by atoms with Gasteiger partial charge in [-0.1, -0.05) is 159 Å². The lowest BCUT2D eigenvalue weighted by Gasteiger charge is -2.20. The Labute approximate surface area is 353 Å². The van der Waals surface area contributed by atoms with Gasteiger partial charge in [-0.05, 0) is 70.6 Å². The van der Waals surface area contributed by atoms with Crippen molar-refractivity contribution in [2.24, 2.45) is 5.73 Å². The molecule has 0 aliphatic carbocycles. The molecule has 4 N–H and O–H groups in total. The number of rotatable bonds is 43. The summed E-state index contributed by atoms with van der Waals surface area (Å²) in [6.07, 6.45) is 44.8. The fraction of sp³-hybridized carbons (Fsp3) is 0.804. The van der Waals surface area contributed by atoms with Crippen LogP contribution in [0.2, 0.25) is 0 Å². The number of unbranched alkanes of at least 4 members (excludes halogenated alkanes) is 23. The number of phosphoric acid groups is 1. The molecule has 0 aliphatic rings. The summed E-state index contributed by atoms with van der Waals surface area (Å²) in [5.41, 5.74) is 5.34. The zero-order valence-corrected chi connectivity index (χ0v) is 37.5. The second-order valence-electron chi connectivity index (χ2n) is 15.5. The average molecular weight is 842 g/mol. The molecule has 0 fully saturated rings.